The summed E-state index contributed by atoms with van der Waals surface area (Å²) in [5.74, 6) is -0.481. The molecule has 0 spiro atoms. The number of benzene rings is 3. The van der Waals surface area contributed by atoms with Gasteiger partial charge in [-0.05, 0) is 34.9 Å². The average Bonchev–Trinajstić information content (AvgIpc) is 3.47. The van der Waals surface area contributed by atoms with Gasteiger partial charge in [-0.25, -0.2) is 9.37 Å². The number of piperazine rings is 1. The predicted octanol–water partition coefficient (Wildman–Crippen LogP) is 6.97. The molecule has 4 aromatic rings. The van der Waals surface area contributed by atoms with Crippen molar-refractivity contribution in [3.8, 4) is 0 Å². The maximum absolute atomic E-state index is 13.5. The van der Waals surface area contributed by atoms with Gasteiger partial charge in [0.05, 0.1) is 12.1 Å². The van der Waals surface area contributed by atoms with Crippen LogP contribution in [0.4, 0.5) is 17.6 Å². The molecule has 1 saturated heterocycles. The van der Waals surface area contributed by atoms with Crippen LogP contribution in [0.15, 0.2) is 90.3 Å². The third kappa shape index (κ3) is 8.82. The highest BCUT2D eigenvalue weighted by molar-refractivity contribution is 7.09. The van der Waals surface area contributed by atoms with Gasteiger partial charge in [-0.2, -0.15) is 13.2 Å². The first-order valence-electron chi connectivity index (χ1n) is 14.0. The lowest BCUT2D eigenvalue weighted by Crippen LogP contribution is -2.48. The van der Waals surface area contributed by atoms with Crippen molar-refractivity contribution in [1.82, 2.24) is 19.7 Å². The van der Waals surface area contributed by atoms with Crippen LogP contribution in [0.25, 0.3) is 6.08 Å². The normalized spacial score (nSPS) is 14.6. The van der Waals surface area contributed by atoms with Crippen molar-refractivity contribution < 1.29 is 22.4 Å². The third-order valence-corrected chi connectivity index (χ3v) is 8.08. The van der Waals surface area contributed by atoms with Gasteiger partial charge < -0.3 is 4.90 Å². The molecular formula is C33H32F4N4OS. The minimum Gasteiger partial charge on any atom is -0.335 e. The first kappa shape index (κ1) is 30.6. The fourth-order valence-electron chi connectivity index (χ4n) is 4.99. The molecule has 1 aliphatic heterocycles. The SMILES string of the molecule is O=C(c1csc(CN(Cc2ccc(F)cc2)Cc2cccc(C(F)(F)F)c2)n1)N1CCN(CC=Cc2ccccc2)CC1. The van der Waals surface area contributed by atoms with Crippen LogP contribution in [0.3, 0.4) is 0 Å². The summed E-state index contributed by atoms with van der Waals surface area (Å²) < 4.78 is 53.4. The van der Waals surface area contributed by atoms with Gasteiger partial charge in [-0.15, -0.1) is 11.3 Å². The summed E-state index contributed by atoms with van der Waals surface area (Å²) in [6.45, 7) is 4.49. The standard InChI is InChI=1S/C33H32F4N4OS/c34-29-13-11-26(12-14-29)21-40(22-27-8-4-10-28(20-27)33(35,36)37)23-31-38-30(24-43-31)32(42)41-18-16-39(17-19-41)15-5-9-25-6-2-1-3-7-25/h1-14,20,24H,15-19,21-23H2. The van der Waals surface area contributed by atoms with Crippen LogP contribution in [0.1, 0.15) is 37.7 Å². The smallest absolute Gasteiger partial charge is 0.335 e. The molecule has 0 unspecified atom stereocenters. The molecule has 0 N–H and O–H groups in total. The Morgan fingerprint density at radius 1 is 0.884 bits per heavy atom. The van der Waals surface area contributed by atoms with Crippen LogP contribution in [0.2, 0.25) is 0 Å². The molecule has 2 heterocycles. The van der Waals surface area contributed by atoms with E-state index in [4.69, 9.17) is 0 Å². The quantitative estimate of drug-likeness (QED) is 0.182. The monoisotopic (exact) mass is 608 g/mol. The molecule has 0 bridgehead atoms. The number of hydrogen-bond acceptors (Lipinski definition) is 5. The second kappa shape index (κ2) is 14.1. The summed E-state index contributed by atoms with van der Waals surface area (Å²) in [4.78, 5) is 23.9. The molecule has 0 radical (unpaired) electrons. The Hall–Kier alpha value is -3.86. The predicted molar refractivity (Wildman–Crippen MR) is 161 cm³/mol. The van der Waals surface area contributed by atoms with E-state index in [1.54, 1.807) is 23.6 Å². The lowest BCUT2D eigenvalue weighted by Gasteiger charge is -2.33. The van der Waals surface area contributed by atoms with Gasteiger partial charge in [-0.3, -0.25) is 14.6 Å². The number of halogens is 4. The molecule has 0 saturated carbocycles. The fraction of sp³-hybridized carbons (Fsp3) is 0.273. The topological polar surface area (TPSA) is 39.7 Å². The number of alkyl halides is 3. The van der Waals surface area contributed by atoms with Crippen LogP contribution < -0.4 is 0 Å². The van der Waals surface area contributed by atoms with E-state index in [2.05, 4.69) is 34.2 Å². The maximum atomic E-state index is 13.5. The van der Waals surface area contributed by atoms with Crippen molar-refractivity contribution in [1.29, 1.82) is 0 Å². The minimum absolute atomic E-state index is 0.120. The van der Waals surface area contributed by atoms with Crippen molar-refractivity contribution in [3.05, 3.63) is 129 Å². The molecule has 1 amide bonds. The highest BCUT2D eigenvalue weighted by Crippen LogP contribution is 2.30. The number of carbonyl (C=O) groups is 1. The molecule has 5 nitrogen and oxygen atoms in total. The van der Waals surface area contributed by atoms with E-state index < -0.39 is 11.7 Å². The first-order chi connectivity index (χ1) is 20.7. The van der Waals surface area contributed by atoms with Crippen LogP contribution in [0, 0.1) is 5.82 Å². The second-order valence-electron chi connectivity index (χ2n) is 10.5. The van der Waals surface area contributed by atoms with Gasteiger partial charge in [-0.1, -0.05) is 72.8 Å². The van der Waals surface area contributed by atoms with E-state index in [-0.39, 0.29) is 18.3 Å². The molecule has 43 heavy (non-hydrogen) atoms. The van der Waals surface area contributed by atoms with Crippen LogP contribution >= 0.6 is 11.3 Å². The summed E-state index contributed by atoms with van der Waals surface area (Å²) in [6.07, 6.45) is -0.204. The van der Waals surface area contributed by atoms with Gasteiger partial charge in [0.1, 0.15) is 16.5 Å². The van der Waals surface area contributed by atoms with Crippen LogP contribution in [0.5, 0.6) is 0 Å². The van der Waals surface area contributed by atoms with E-state index in [1.165, 1.54) is 29.5 Å². The highest BCUT2D eigenvalue weighted by Gasteiger charge is 2.30. The van der Waals surface area contributed by atoms with E-state index in [1.807, 2.05) is 28.0 Å². The molecule has 224 valence electrons. The second-order valence-corrected chi connectivity index (χ2v) is 11.4. The molecule has 1 fully saturated rings. The Kier molecular flexibility index (Phi) is 10.0. The van der Waals surface area contributed by atoms with E-state index in [0.29, 0.717) is 42.4 Å². The Morgan fingerprint density at radius 2 is 1.60 bits per heavy atom. The fourth-order valence-corrected chi connectivity index (χ4v) is 5.80. The van der Waals surface area contributed by atoms with Gasteiger partial charge in [0, 0.05) is 51.2 Å². The molecule has 10 heteroatoms. The lowest BCUT2D eigenvalue weighted by molar-refractivity contribution is -0.137. The Balaban J connectivity index is 1.20. The van der Waals surface area contributed by atoms with Crippen molar-refractivity contribution in [2.75, 3.05) is 32.7 Å². The molecular weight excluding hydrogens is 576 g/mol. The van der Waals surface area contributed by atoms with Gasteiger partial charge >= 0.3 is 6.18 Å². The minimum atomic E-state index is -4.44. The van der Waals surface area contributed by atoms with Gasteiger partial charge in [0.2, 0.25) is 0 Å². The van der Waals surface area contributed by atoms with E-state index in [9.17, 15) is 22.4 Å². The van der Waals surface area contributed by atoms with E-state index >= 15 is 0 Å². The average molecular weight is 609 g/mol. The van der Waals surface area contributed by atoms with Crippen molar-refractivity contribution in [2.24, 2.45) is 0 Å². The summed E-state index contributed by atoms with van der Waals surface area (Å²) in [5.41, 5.74) is 2.14. The van der Waals surface area contributed by atoms with Gasteiger partial charge in [0.25, 0.3) is 5.91 Å². The highest BCUT2D eigenvalue weighted by atomic mass is 32.1. The Morgan fingerprint density at radius 3 is 2.33 bits per heavy atom. The summed E-state index contributed by atoms with van der Waals surface area (Å²) >= 11 is 1.35. The number of aromatic nitrogens is 1. The summed E-state index contributed by atoms with van der Waals surface area (Å²) in [7, 11) is 0. The zero-order valence-corrected chi connectivity index (χ0v) is 24.3. The van der Waals surface area contributed by atoms with Crippen molar-refractivity contribution in [3.63, 3.8) is 0 Å². The molecule has 3 aromatic carbocycles. The van der Waals surface area contributed by atoms with E-state index in [0.717, 1.165) is 42.9 Å². The zero-order valence-electron chi connectivity index (χ0n) is 23.5. The van der Waals surface area contributed by atoms with Crippen molar-refractivity contribution in [2.45, 2.75) is 25.8 Å². The zero-order chi connectivity index (χ0) is 30.2. The largest absolute Gasteiger partial charge is 0.416 e. The number of amides is 1. The Labute approximate surface area is 252 Å². The molecule has 1 aromatic heterocycles. The molecule has 5 rings (SSSR count). The van der Waals surface area contributed by atoms with Crippen molar-refractivity contribution >= 4 is 23.3 Å². The number of rotatable bonds is 10. The number of thiazole rings is 1. The summed E-state index contributed by atoms with van der Waals surface area (Å²) in [5, 5.41) is 2.43. The molecule has 1 aliphatic rings. The number of carbonyl (C=O) groups excluding carboxylic acids is 1. The first-order valence-corrected chi connectivity index (χ1v) is 14.9. The maximum Gasteiger partial charge on any atom is 0.416 e. The third-order valence-electron chi connectivity index (χ3n) is 7.24. The van der Waals surface area contributed by atoms with Crippen LogP contribution in [-0.4, -0.2) is 58.3 Å². The molecule has 0 atom stereocenters. The number of hydrogen-bond donors (Lipinski definition) is 0. The number of nitrogens with zero attached hydrogens (tertiary/aromatic N) is 4. The Bertz CT molecular complexity index is 1510. The summed E-state index contributed by atoms with van der Waals surface area (Å²) in [6, 6.07) is 21.4. The van der Waals surface area contributed by atoms with Crippen LogP contribution in [-0.2, 0) is 25.8 Å². The molecule has 0 aliphatic carbocycles. The van der Waals surface area contributed by atoms with Gasteiger partial charge in [0.15, 0.2) is 0 Å². The lowest BCUT2D eigenvalue weighted by atomic mass is 10.1.